The fourth-order valence-electron chi connectivity index (χ4n) is 2.60. The van der Waals surface area contributed by atoms with Crippen LogP contribution < -0.4 is 5.73 Å². The van der Waals surface area contributed by atoms with Gasteiger partial charge in [0.25, 0.3) is 0 Å². The molecular weight excluding hydrogens is 186 g/mol. The zero-order chi connectivity index (χ0) is 11.1. The van der Waals surface area contributed by atoms with Crippen LogP contribution in [0.3, 0.4) is 0 Å². The summed E-state index contributed by atoms with van der Waals surface area (Å²) in [5.41, 5.74) is 5.31. The third kappa shape index (κ3) is 4.67. The molecule has 0 saturated heterocycles. The predicted molar refractivity (Wildman–Crippen MR) is 63.4 cm³/mol. The smallest absolute Gasteiger partial charge is 0.220 e. The van der Waals surface area contributed by atoms with Gasteiger partial charge in [0.1, 0.15) is 0 Å². The van der Waals surface area contributed by atoms with E-state index in [1.807, 2.05) is 0 Å². The first-order chi connectivity index (χ1) is 7.24. The van der Waals surface area contributed by atoms with Gasteiger partial charge in [0.05, 0.1) is 0 Å². The molecule has 2 N–H and O–H groups in total. The van der Waals surface area contributed by atoms with Crippen molar-refractivity contribution in [2.45, 2.75) is 64.7 Å². The average Bonchev–Trinajstić information content (AvgIpc) is 2.25. The van der Waals surface area contributed by atoms with Crippen molar-refractivity contribution in [3.05, 3.63) is 0 Å². The summed E-state index contributed by atoms with van der Waals surface area (Å²) in [6.45, 7) is 2.25. The summed E-state index contributed by atoms with van der Waals surface area (Å²) in [5, 5.41) is 0. The van der Waals surface area contributed by atoms with Crippen LogP contribution in [0.4, 0.5) is 0 Å². The van der Waals surface area contributed by atoms with Gasteiger partial charge in [-0.1, -0.05) is 39.0 Å². The number of unbranched alkanes of at least 4 members (excludes halogenated alkanes) is 3. The van der Waals surface area contributed by atoms with Crippen molar-refractivity contribution in [3.63, 3.8) is 0 Å². The van der Waals surface area contributed by atoms with Gasteiger partial charge in [-0.25, -0.2) is 0 Å². The van der Waals surface area contributed by atoms with E-state index in [2.05, 4.69) is 6.92 Å². The molecule has 1 aliphatic rings. The largest absolute Gasteiger partial charge is 0.369 e. The monoisotopic (exact) mass is 211 g/mol. The van der Waals surface area contributed by atoms with E-state index in [1.165, 1.54) is 44.9 Å². The van der Waals surface area contributed by atoms with Crippen LogP contribution in [0.2, 0.25) is 0 Å². The molecule has 2 heteroatoms. The first-order valence-electron chi connectivity index (χ1n) is 6.53. The number of rotatable bonds is 6. The summed E-state index contributed by atoms with van der Waals surface area (Å²) in [6, 6.07) is 0. The average molecular weight is 211 g/mol. The molecular formula is C13H25NO. The molecule has 0 aromatic rings. The van der Waals surface area contributed by atoms with E-state index < -0.39 is 0 Å². The van der Waals surface area contributed by atoms with Crippen molar-refractivity contribution >= 4 is 5.91 Å². The number of hydrogen-bond donors (Lipinski definition) is 1. The number of amides is 1. The summed E-state index contributed by atoms with van der Waals surface area (Å²) in [7, 11) is 0. The molecule has 1 rings (SSSR count). The Labute approximate surface area is 93.6 Å². The number of carbonyl (C=O) groups is 1. The molecule has 1 saturated carbocycles. The Bertz CT molecular complexity index is 183. The Morgan fingerprint density at radius 3 is 2.33 bits per heavy atom. The lowest BCUT2D eigenvalue weighted by molar-refractivity contribution is -0.122. The van der Waals surface area contributed by atoms with Gasteiger partial charge >= 0.3 is 0 Å². The van der Waals surface area contributed by atoms with Crippen molar-refractivity contribution in [1.82, 2.24) is 0 Å². The maximum Gasteiger partial charge on any atom is 0.220 e. The van der Waals surface area contributed by atoms with Crippen LogP contribution in [0.5, 0.6) is 0 Å². The second kappa shape index (κ2) is 6.86. The molecule has 0 unspecified atom stereocenters. The van der Waals surface area contributed by atoms with Gasteiger partial charge in [-0.2, -0.15) is 0 Å². The number of primary amides is 1. The van der Waals surface area contributed by atoms with Gasteiger partial charge in [0.2, 0.25) is 5.91 Å². The molecule has 0 heterocycles. The SMILES string of the molecule is CCCCCCC1CCC(C(N)=O)CC1. The highest BCUT2D eigenvalue weighted by molar-refractivity contribution is 5.76. The molecule has 2 nitrogen and oxygen atoms in total. The topological polar surface area (TPSA) is 43.1 Å². The molecule has 0 radical (unpaired) electrons. The minimum Gasteiger partial charge on any atom is -0.369 e. The highest BCUT2D eigenvalue weighted by Gasteiger charge is 2.23. The molecule has 0 aromatic carbocycles. The minimum absolute atomic E-state index is 0.0839. The zero-order valence-electron chi connectivity index (χ0n) is 10.0. The Kier molecular flexibility index (Phi) is 5.74. The van der Waals surface area contributed by atoms with E-state index in [0.29, 0.717) is 0 Å². The first-order valence-corrected chi connectivity index (χ1v) is 6.53. The molecule has 0 spiro atoms. The zero-order valence-corrected chi connectivity index (χ0v) is 10.0. The molecule has 1 aliphatic carbocycles. The van der Waals surface area contributed by atoms with Gasteiger partial charge in [-0.3, -0.25) is 4.79 Å². The molecule has 0 aromatic heterocycles. The third-order valence-corrected chi connectivity index (χ3v) is 3.72. The highest BCUT2D eigenvalue weighted by atomic mass is 16.1. The maximum absolute atomic E-state index is 11.0. The summed E-state index contributed by atoms with van der Waals surface area (Å²) in [4.78, 5) is 11.0. The van der Waals surface area contributed by atoms with Crippen LogP contribution in [0.15, 0.2) is 0 Å². The van der Waals surface area contributed by atoms with Crippen LogP contribution in [-0.2, 0) is 4.79 Å². The summed E-state index contributed by atoms with van der Waals surface area (Å²) < 4.78 is 0. The van der Waals surface area contributed by atoms with E-state index >= 15 is 0 Å². The van der Waals surface area contributed by atoms with Gasteiger partial charge in [0.15, 0.2) is 0 Å². The first kappa shape index (κ1) is 12.5. The van der Waals surface area contributed by atoms with Crippen molar-refractivity contribution in [2.24, 2.45) is 17.6 Å². The summed E-state index contributed by atoms with van der Waals surface area (Å²) in [5.74, 6) is 0.966. The van der Waals surface area contributed by atoms with E-state index in [0.717, 1.165) is 18.8 Å². The van der Waals surface area contributed by atoms with E-state index in [4.69, 9.17) is 5.73 Å². The summed E-state index contributed by atoms with van der Waals surface area (Å²) in [6.07, 6.45) is 11.3. The Morgan fingerprint density at radius 1 is 1.13 bits per heavy atom. The van der Waals surface area contributed by atoms with Gasteiger partial charge in [0, 0.05) is 5.92 Å². The lowest BCUT2D eigenvalue weighted by atomic mass is 9.79. The normalized spacial score (nSPS) is 26.5. The van der Waals surface area contributed by atoms with E-state index in [1.54, 1.807) is 0 Å². The minimum atomic E-state index is -0.0839. The second-order valence-corrected chi connectivity index (χ2v) is 4.97. The van der Waals surface area contributed by atoms with Gasteiger partial charge in [-0.05, 0) is 31.6 Å². The molecule has 1 amide bonds. The van der Waals surface area contributed by atoms with Crippen LogP contribution in [0.25, 0.3) is 0 Å². The van der Waals surface area contributed by atoms with Crippen LogP contribution in [0, 0.1) is 11.8 Å². The molecule has 88 valence electrons. The van der Waals surface area contributed by atoms with Gasteiger partial charge < -0.3 is 5.73 Å². The Morgan fingerprint density at radius 2 is 1.80 bits per heavy atom. The number of hydrogen-bond acceptors (Lipinski definition) is 1. The van der Waals surface area contributed by atoms with E-state index in [9.17, 15) is 4.79 Å². The fraction of sp³-hybridized carbons (Fsp3) is 0.923. The van der Waals surface area contributed by atoms with Crippen molar-refractivity contribution < 1.29 is 4.79 Å². The molecule has 1 fully saturated rings. The number of nitrogens with two attached hydrogens (primary N) is 1. The second-order valence-electron chi connectivity index (χ2n) is 4.97. The predicted octanol–water partition coefficient (Wildman–Crippen LogP) is 3.25. The molecule has 0 aliphatic heterocycles. The lowest BCUT2D eigenvalue weighted by Crippen LogP contribution is -2.27. The molecule has 0 bridgehead atoms. The van der Waals surface area contributed by atoms with Crippen molar-refractivity contribution in [3.8, 4) is 0 Å². The molecule has 0 atom stereocenters. The van der Waals surface area contributed by atoms with Crippen molar-refractivity contribution in [1.29, 1.82) is 0 Å². The summed E-state index contributed by atoms with van der Waals surface area (Å²) >= 11 is 0. The third-order valence-electron chi connectivity index (χ3n) is 3.72. The van der Waals surface area contributed by atoms with Crippen molar-refractivity contribution in [2.75, 3.05) is 0 Å². The standard InChI is InChI=1S/C13H25NO/c1-2-3-4-5-6-11-7-9-12(10-8-11)13(14)15/h11-12H,2-10H2,1H3,(H2,14,15). The highest BCUT2D eigenvalue weighted by Crippen LogP contribution is 2.31. The Hall–Kier alpha value is -0.530. The van der Waals surface area contributed by atoms with Crippen LogP contribution in [-0.4, -0.2) is 5.91 Å². The van der Waals surface area contributed by atoms with Crippen LogP contribution >= 0.6 is 0 Å². The van der Waals surface area contributed by atoms with Crippen LogP contribution in [0.1, 0.15) is 64.7 Å². The maximum atomic E-state index is 11.0. The Balaban J connectivity index is 2.07. The quantitative estimate of drug-likeness (QED) is 0.673. The number of carbonyl (C=O) groups excluding carboxylic acids is 1. The van der Waals surface area contributed by atoms with Gasteiger partial charge in [-0.15, -0.1) is 0 Å². The van der Waals surface area contributed by atoms with E-state index in [-0.39, 0.29) is 11.8 Å². The fourth-order valence-corrected chi connectivity index (χ4v) is 2.60. The lowest BCUT2D eigenvalue weighted by Gasteiger charge is -2.26. The molecule has 15 heavy (non-hydrogen) atoms.